The molecule has 0 unspecified atom stereocenters. The number of nitrogens with one attached hydrogen (secondary N) is 2. The molecule has 1 aromatic carbocycles. The number of urea groups is 1. The molecule has 0 spiro atoms. The fraction of sp³-hybridized carbons (Fsp3) is 0.333. The normalized spacial score (nSPS) is 10.3. The van der Waals surface area contributed by atoms with Gasteiger partial charge < -0.3 is 9.88 Å². The molecule has 2 N–H and O–H groups in total. The molecule has 1 aromatic heterocycles. The quantitative estimate of drug-likeness (QED) is 0.605. The first kappa shape index (κ1) is 15.1. The van der Waals surface area contributed by atoms with Gasteiger partial charge in [-0.15, -0.1) is 0 Å². The second kappa shape index (κ2) is 8.06. The summed E-state index contributed by atoms with van der Waals surface area (Å²) in [5, 5.41) is 0. The van der Waals surface area contributed by atoms with E-state index in [2.05, 4.69) is 15.4 Å². The second-order valence-electron chi connectivity index (χ2n) is 4.76. The van der Waals surface area contributed by atoms with Crippen molar-refractivity contribution in [2.45, 2.75) is 19.4 Å². The lowest BCUT2D eigenvalue weighted by atomic mass is 10.2. The van der Waals surface area contributed by atoms with Crippen molar-refractivity contribution in [2.24, 2.45) is 0 Å². The van der Waals surface area contributed by atoms with Gasteiger partial charge in [0.2, 0.25) is 0 Å². The summed E-state index contributed by atoms with van der Waals surface area (Å²) in [6.45, 7) is 1.00. The van der Waals surface area contributed by atoms with Crippen LogP contribution < -0.4 is 5.48 Å². The largest absolute Gasteiger partial charge is 0.351 e. The number of benzene rings is 1. The van der Waals surface area contributed by atoms with Crippen LogP contribution in [0.2, 0.25) is 0 Å². The van der Waals surface area contributed by atoms with Gasteiger partial charge in [-0.1, -0.05) is 30.3 Å². The number of aryl methyl sites for hydroxylation is 1. The number of rotatable bonds is 7. The van der Waals surface area contributed by atoms with E-state index in [9.17, 15) is 4.79 Å². The van der Waals surface area contributed by atoms with Crippen LogP contribution in [0, 0.1) is 0 Å². The zero-order valence-corrected chi connectivity index (χ0v) is 12.1. The van der Waals surface area contributed by atoms with Gasteiger partial charge in [0.25, 0.3) is 0 Å². The Morgan fingerprint density at radius 2 is 2.19 bits per heavy atom. The molecule has 0 aliphatic rings. The molecule has 0 saturated carbocycles. The number of aromatic amines is 1. The summed E-state index contributed by atoms with van der Waals surface area (Å²) in [7, 11) is 1.73. The molecule has 0 bridgehead atoms. The van der Waals surface area contributed by atoms with Crippen molar-refractivity contribution in [2.75, 3.05) is 13.7 Å². The van der Waals surface area contributed by atoms with E-state index in [1.807, 2.05) is 36.5 Å². The fourth-order valence-electron chi connectivity index (χ4n) is 1.87. The van der Waals surface area contributed by atoms with Gasteiger partial charge in [0.1, 0.15) is 0 Å². The van der Waals surface area contributed by atoms with Gasteiger partial charge in [-0.2, -0.15) is 0 Å². The Morgan fingerprint density at radius 1 is 1.38 bits per heavy atom. The zero-order chi connectivity index (χ0) is 14.9. The van der Waals surface area contributed by atoms with E-state index in [4.69, 9.17) is 4.84 Å². The maximum atomic E-state index is 11.8. The number of carbonyl (C=O) groups is 1. The highest BCUT2D eigenvalue weighted by Crippen LogP contribution is 2.02. The van der Waals surface area contributed by atoms with Crippen LogP contribution in [0.3, 0.4) is 0 Å². The number of amides is 2. The van der Waals surface area contributed by atoms with Gasteiger partial charge in [-0.25, -0.2) is 15.3 Å². The smallest absolute Gasteiger partial charge is 0.341 e. The summed E-state index contributed by atoms with van der Waals surface area (Å²) in [4.78, 5) is 25.6. The monoisotopic (exact) mass is 288 g/mol. The number of hydrogen-bond acceptors (Lipinski definition) is 3. The molecule has 2 rings (SSSR count). The Hall–Kier alpha value is -2.34. The molecule has 0 atom stereocenters. The maximum absolute atomic E-state index is 11.8. The molecule has 2 amide bonds. The SMILES string of the molecule is CN(Cc1ccccc1)C(=O)NOCCCc1c[nH]cn1. The molecule has 2 aromatic rings. The minimum Gasteiger partial charge on any atom is -0.351 e. The zero-order valence-electron chi connectivity index (χ0n) is 12.1. The first-order chi connectivity index (χ1) is 10.3. The van der Waals surface area contributed by atoms with E-state index in [0.29, 0.717) is 13.2 Å². The summed E-state index contributed by atoms with van der Waals surface area (Å²) in [5.41, 5.74) is 4.51. The average molecular weight is 288 g/mol. The van der Waals surface area contributed by atoms with E-state index in [0.717, 1.165) is 24.1 Å². The predicted molar refractivity (Wildman–Crippen MR) is 79.3 cm³/mol. The lowest BCUT2D eigenvalue weighted by molar-refractivity contribution is 0.0481. The third-order valence-corrected chi connectivity index (χ3v) is 3.00. The minimum atomic E-state index is -0.251. The molecular formula is C15H20N4O2. The topological polar surface area (TPSA) is 70.2 Å². The summed E-state index contributed by atoms with van der Waals surface area (Å²) in [6, 6.07) is 9.56. The van der Waals surface area contributed by atoms with Gasteiger partial charge in [-0.3, -0.25) is 4.84 Å². The summed E-state index contributed by atoms with van der Waals surface area (Å²) in [5.74, 6) is 0. The Kier molecular flexibility index (Phi) is 5.78. The maximum Gasteiger partial charge on any atom is 0.341 e. The first-order valence-electron chi connectivity index (χ1n) is 6.90. The van der Waals surface area contributed by atoms with E-state index >= 15 is 0 Å². The predicted octanol–water partition coefficient (Wildman–Crippen LogP) is 2.12. The fourth-order valence-corrected chi connectivity index (χ4v) is 1.87. The van der Waals surface area contributed by atoms with E-state index < -0.39 is 0 Å². The standard InChI is InChI=1S/C15H20N4O2/c1-19(11-13-6-3-2-4-7-13)15(20)18-21-9-5-8-14-10-16-12-17-14/h2-4,6-7,10,12H,5,8-9,11H2,1H3,(H,16,17)(H,18,20). The highest BCUT2D eigenvalue weighted by Gasteiger charge is 2.08. The first-order valence-corrected chi connectivity index (χ1v) is 6.90. The number of hydroxylamine groups is 1. The molecule has 0 fully saturated rings. The summed E-state index contributed by atoms with van der Waals surface area (Å²) < 4.78 is 0. The Morgan fingerprint density at radius 3 is 2.90 bits per heavy atom. The Bertz CT molecular complexity index is 528. The van der Waals surface area contributed by atoms with Crippen molar-refractivity contribution in [1.29, 1.82) is 0 Å². The van der Waals surface area contributed by atoms with Gasteiger partial charge in [0.15, 0.2) is 0 Å². The molecule has 112 valence electrons. The van der Waals surface area contributed by atoms with Crippen LogP contribution in [-0.4, -0.2) is 34.6 Å². The number of carbonyl (C=O) groups excluding carboxylic acids is 1. The average Bonchev–Trinajstić information content (AvgIpc) is 3.01. The lowest BCUT2D eigenvalue weighted by Crippen LogP contribution is -2.37. The molecule has 0 aliphatic heterocycles. The molecule has 0 radical (unpaired) electrons. The van der Waals surface area contributed by atoms with Crippen LogP contribution in [0.1, 0.15) is 17.7 Å². The van der Waals surface area contributed by atoms with Gasteiger partial charge in [-0.05, 0) is 18.4 Å². The van der Waals surface area contributed by atoms with Crippen molar-refractivity contribution < 1.29 is 9.63 Å². The second-order valence-corrected chi connectivity index (χ2v) is 4.76. The third kappa shape index (κ3) is 5.27. The molecular weight excluding hydrogens is 268 g/mol. The van der Waals surface area contributed by atoms with Crippen LogP contribution in [-0.2, 0) is 17.8 Å². The molecule has 21 heavy (non-hydrogen) atoms. The van der Waals surface area contributed by atoms with Crippen molar-refractivity contribution in [3.05, 3.63) is 54.1 Å². The molecule has 6 nitrogen and oxygen atoms in total. The molecule has 6 heteroatoms. The van der Waals surface area contributed by atoms with Crippen molar-refractivity contribution in [1.82, 2.24) is 20.3 Å². The van der Waals surface area contributed by atoms with Crippen LogP contribution in [0.15, 0.2) is 42.9 Å². The number of H-pyrrole nitrogens is 1. The van der Waals surface area contributed by atoms with E-state index in [1.165, 1.54) is 0 Å². The number of hydrogen-bond donors (Lipinski definition) is 2. The van der Waals surface area contributed by atoms with Gasteiger partial charge >= 0.3 is 6.03 Å². The van der Waals surface area contributed by atoms with Crippen molar-refractivity contribution >= 4 is 6.03 Å². The van der Waals surface area contributed by atoms with E-state index in [1.54, 1.807) is 18.3 Å². The Labute approximate surface area is 124 Å². The van der Waals surface area contributed by atoms with Gasteiger partial charge in [0.05, 0.1) is 18.6 Å². The van der Waals surface area contributed by atoms with Crippen molar-refractivity contribution in [3.8, 4) is 0 Å². The molecule has 1 heterocycles. The lowest BCUT2D eigenvalue weighted by Gasteiger charge is -2.17. The number of nitrogens with zero attached hydrogens (tertiary/aromatic N) is 2. The van der Waals surface area contributed by atoms with Crippen molar-refractivity contribution in [3.63, 3.8) is 0 Å². The van der Waals surface area contributed by atoms with Gasteiger partial charge in [0, 0.05) is 19.8 Å². The highest BCUT2D eigenvalue weighted by atomic mass is 16.7. The summed E-state index contributed by atoms with van der Waals surface area (Å²) >= 11 is 0. The number of aromatic nitrogens is 2. The highest BCUT2D eigenvalue weighted by molar-refractivity contribution is 5.72. The van der Waals surface area contributed by atoms with Crippen LogP contribution in [0.25, 0.3) is 0 Å². The molecule has 0 aliphatic carbocycles. The third-order valence-electron chi connectivity index (χ3n) is 3.00. The molecule has 0 saturated heterocycles. The van der Waals surface area contributed by atoms with Crippen LogP contribution in [0.5, 0.6) is 0 Å². The number of imidazole rings is 1. The summed E-state index contributed by atoms with van der Waals surface area (Å²) in [6.07, 6.45) is 5.12. The van der Waals surface area contributed by atoms with E-state index in [-0.39, 0.29) is 6.03 Å². The Balaban J connectivity index is 1.60. The minimum absolute atomic E-state index is 0.251. The van der Waals surface area contributed by atoms with Crippen LogP contribution in [0.4, 0.5) is 4.79 Å². The van der Waals surface area contributed by atoms with Crippen LogP contribution >= 0.6 is 0 Å².